The number of rotatable bonds is 1. The maximum Gasteiger partial charge on any atom is 0.270 e. The second-order valence-corrected chi connectivity index (χ2v) is 2.71. The van der Waals surface area contributed by atoms with E-state index in [1.807, 2.05) is 30.3 Å². The third-order valence-electron chi connectivity index (χ3n) is 1.78. The Morgan fingerprint density at radius 1 is 1.00 bits per heavy atom. The first-order valence-electron chi connectivity index (χ1n) is 4.16. The summed E-state index contributed by atoms with van der Waals surface area (Å²) in [7, 11) is 0. The lowest BCUT2D eigenvalue weighted by molar-refractivity contribution is 1.26. The van der Waals surface area contributed by atoms with Crippen LogP contribution in [0.1, 0.15) is 0 Å². The minimum Gasteiger partial charge on any atom is -0.361 e. The van der Waals surface area contributed by atoms with Gasteiger partial charge >= 0.3 is 0 Å². The van der Waals surface area contributed by atoms with E-state index in [4.69, 9.17) is 6.57 Å². The van der Waals surface area contributed by atoms with Crippen molar-refractivity contribution in [3.8, 4) is 11.4 Å². The van der Waals surface area contributed by atoms with Gasteiger partial charge in [-0.15, -0.1) is 4.98 Å². The molecule has 0 N–H and O–H groups in total. The fraction of sp³-hybridized carbons (Fsp3) is 0. The van der Waals surface area contributed by atoms with Crippen molar-refractivity contribution in [2.24, 2.45) is 0 Å². The van der Waals surface area contributed by atoms with Gasteiger partial charge in [-0.2, -0.15) is 0 Å². The fourth-order valence-corrected chi connectivity index (χ4v) is 1.14. The topological polar surface area (TPSA) is 30.1 Å². The van der Waals surface area contributed by atoms with Crippen molar-refractivity contribution in [3.63, 3.8) is 0 Å². The fourth-order valence-electron chi connectivity index (χ4n) is 1.14. The third-order valence-corrected chi connectivity index (χ3v) is 1.78. The minimum atomic E-state index is 0.396. The van der Waals surface area contributed by atoms with E-state index >= 15 is 0 Å². The number of nitrogens with zero attached hydrogens (tertiary/aromatic N) is 3. The summed E-state index contributed by atoms with van der Waals surface area (Å²) in [4.78, 5) is 11.6. The van der Waals surface area contributed by atoms with Crippen molar-refractivity contribution in [2.75, 3.05) is 0 Å². The molecule has 0 atom stereocenters. The van der Waals surface area contributed by atoms with Crippen LogP contribution in [0.5, 0.6) is 0 Å². The smallest absolute Gasteiger partial charge is 0.270 e. The van der Waals surface area contributed by atoms with E-state index in [0.717, 1.165) is 11.4 Å². The summed E-state index contributed by atoms with van der Waals surface area (Å²) < 4.78 is 0. The molecule has 0 amide bonds. The van der Waals surface area contributed by atoms with Gasteiger partial charge in [0.15, 0.2) is 5.69 Å². The molecule has 0 bridgehead atoms. The summed E-state index contributed by atoms with van der Waals surface area (Å²) in [6.45, 7) is 6.84. The van der Waals surface area contributed by atoms with Crippen molar-refractivity contribution in [1.82, 2.24) is 9.97 Å². The zero-order chi connectivity index (χ0) is 9.80. The first-order valence-corrected chi connectivity index (χ1v) is 4.16. The first-order chi connectivity index (χ1) is 6.90. The van der Waals surface area contributed by atoms with Crippen LogP contribution in [0.25, 0.3) is 16.2 Å². The van der Waals surface area contributed by atoms with Crippen LogP contribution in [0.15, 0.2) is 42.6 Å². The van der Waals surface area contributed by atoms with E-state index < -0.39 is 0 Å². The SMILES string of the molecule is [C-]#[N+]c1cccc(-c2ccccn2)n1. The summed E-state index contributed by atoms with van der Waals surface area (Å²) >= 11 is 0. The Balaban J connectivity index is 2.49. The lowest BCUT2D eigenvalue weighted by atomic mass is 10.2. The normalized spacial score (nSPS) is 9.36. The summed E-state index contributed by atoms with van der Waals surface area (Å²) in [5.74, 6) is 0.396. The monoisotopic (exact) mass is 181 g/mol. The molecule has 3 heteroatoms. The predicted molar refractivity (Wildman–Crippen MR) is 53.7 cm³/mol. The molecule has 0 aliphatic rings. The summed E-state index contributed by atoms with van der Waals surface area (Å²) in [6.07, 6.45) is 1.71. The Morgan fingerprint density at radius 2 is 1.86 bits per heavy atom. The molecule has 2 rings (SSSR count). The molecule has 2 heterocycles. The zero-order valence-corrected chi connectivity index (χ0v) is 7.38. The minimum absolute atomic E-state index is 0.396. The van der Waals surface area contributed by atoms with Gasteiger partial charge in [-0.05, 0) is 24.3 Å². The average molecular weight is 181 g/mol. The predicted octanol–water partition coefficient (Wildman–Crippen LogP) is 2.69. The van der Waals surface area contributed by atoms with E-state index in [9.17, 15) is 0 Å². The molecule has 14 heavy (non-hydrogen) atoms. The van der Waals surface area contributed by atoms with Gasteiger partial charge in [0.05, 0.1) is 0 Å². The molecule has 0 aliphatic carbocycles. The molecule has 0 saturated carbocycles. The van der Waals surface area contributed by atoms with Crippen molar-refractivity contribution in [2.45, 2.75) is 0 Å². The van der Waals surface area contributed by atoms with Gasteiger partial charge in [0.2, 0.25) is 0 Å². The van der Waals surface area contributed by atoms with Crippen LogP contribution in [-0.2, 0) is 0 Å². The Bertz CT molecular complexity index is 471. The number of pyridine rings is 2. The van der Waals surface area contributed by atoms with Gasteiger partial charge in [-0.3, -0.25) is 4.98 Å². The second kappa shape index (κ2) is 3.67. The van der Waals surface area contributed by atoms with Gasteiger partial charge in [0.25, 0.3) is 5.82 Å². The highest BCUT2D eigenvalue weighted by molar-refractivity contribution is 5.56. The molecule has 3 nitrogen and oxygen atoms in total. The summed E-state index contributed by atoms with van der Waals surface area (Å²) in [5.41, 5.74) is 1.53. The van der Waals surface area contributed by atoms with E-state index in [-0.39, 0.29) is 0 Å². The number of hydrogen-bond acceptors (Lipinski definition) is 2. The molecule has 0 unspecified atom stereocenters. The molecule has 0 aliphatic heterocycles. The van der Waals surface area contributed by atoms with Gasteiger partial charge in [0.1, 0.15) is 5.69 Å². The van der Waals surface area contributed by atoms with Gasteiger partial charge < -0.3 is 4.85 Å². The van der Waals surface area contributed by atoms with Crippen molar-refractivity contribution in [3.05, 3.63) is 54.0 Å². The molecule has 0 spiro atoms. The molecule has 0 aromatic carbocycles. The zero-order valence-electron chi connectivity index (χ0n) is 7.38. The largest absolute Gasteiger partial charge is 0.361 e. The van der Waals surface area contributed by atoms with Crippen LogP contribution < -0.4 is 0 Å². The van der Waals surface area contributed by atoms with E-state index in [1.165, 1.54) is 0 Å². The molecular formula is C11H7N3. The van der Waals surface area contributed by atoms with Crippen LogP contribution >= 0.6 is 0 Å². The molecule has 2 aromatic rings. The number of hydrogen-bond donors (Lipinski definition) is 0. The highest BCUT2D eigenvalue weighted by atomic mass is 14.9. The van der Waals surface area contributed by atoms with Crippen LogP contribution in [0.2, 0.25) is 0 Å². The number of aromatic nitrogens is 2. The molecule has 0 fully saturated rings. The van der Waals surface area contributed by atoms with Crippen molar-refractivity contribution < 1.29 is 0 Å². The second-order valence-electron chi connectivity index (χ2n) is 2.71. The molecule has 0 saturated heterocycles. The maximum absolute atomic E-state index is 6.84. The summed E-state index contributed by atoms with van der Waals surface area (Å²) in [5, 5.41) is 0. The third kappa shape index (κ3) is 1.59. The van der Waals surface area contributed by atoms with Crippen molar-refractivity contribution in [1.29, 1.82) is 0 Å². The lowest BCUT2D eigenvalue weighted by Gasteiger charge is -1.95. The highest BCUT2D eigenvalue weighted by Crippen LogP contribution is 2.16. The standard InChI is InChI=1S/C11H7N3/c1-12-11-7-4-6-10(14-11)9-5-2-3-8-13-9/h2-8H. The first kappa shape index (κ1) is 8.39. The Morgan fingerprint density at radius 3 is 2.57 bits per heavy atom. The maximum atomic E-state index is 6.84. The van der Waals surface area contributed by atoms with Crippen LogP contribution in [0, 0.1) is 6.57 Å². The van der Waals surface area contributed by atoms with Crippen LogP contribution in [-0.4, -0.2) is 9.97 Å². The summed E-state index contributed by atoms with van der Waals surface area (Å²) in [6, 6.07) is 11.0. The Labute approximate surface area is 81.9 Å². The molecular weight excluding hydrogens is 174 g/mol. The molecule has 0 radical (unpaired) electrons. The quantitative estimate of drug-likeness (QED) is 0.633. The van der Waals surface area contributed by atoms with Crippen molar-refractivity contribution >= 4 is 5.82 Å². The van der Waals surface area contributed by atoms with Crippen LogP contribution in [0.3, 0.4) is 0 Å². The van der Waals surface area contributed by atoms with Gasteiger partial charge in [-0.25, -0.2) is 0 Å². The lowest BCUT2D eigenvalue weighted by Crippen LogP contribution is -1.84. The van der Waals surface area contributed by atoms with Gasteiger partial charge in [-0.1, -0.05) is 18.7 Å². The van der Waals surface area contributed by atoms with E-state index in [2.05, 4.69) is 14.8 Å². The average Bonchev–Trinajstić information content (AvgIpc) is 2.30. The molecule has 2 aromatic heterocycles. The van der Waals surface area contributed by atoms with E-state index in [1.54, 1.807) is 12.3 Å². The van der Waals surface area contributed by atoms with E-state index in [0.29, 0.717) is 5.82 Å². The Hall–Kier alpha value is -2.21. The highest BCUT2D eigenvalue weighted by Gasteiger charge is 2.03. The Kier molecular flexibility index (Phi) is 2.20. The van der Waals surface area contributed by atoms with Crippen LogP contribution in [0.4, 0.5) is 5.82 Å². The molecule has 66 valence electrons. The van der Waals surface area contributed by atoms with Gasteiger partial charge in [0, 0.05) is 6.20 Å².